The standard InChI is InChI=1S/C25H24N2O2/c1-28-25(29-2)24-26-22(20-14-8-4-9-15-20)23(21-16-10-5-11-17-21)27(24)18-19-12-6-3-7-13-19/h3-17,25H,18H2,1-2H3. The van der Waals surface area contributed by atoms with Gasteiger partial charge in [0.2, 0.25) is 6.29 Å². The van der Waals surface area contributed by atoms with E-state index in [4.69, 9.17) is 14.5 Å². The zero-order valence-electron chi connectivity index (χ0n) is 16.7. The molecule has 0 saturated heterocycles. The van der Waals surface area contributed by atoms with Gasteiger partial charge < -0.3 is 14.0 Å². The fourth-order valence-electron chi connectivity index (χ4n) is 3.57. The molecule has 0 spiro atoms. The number of hydrogen-bond acceptors (Lipinski definition) is 3. The SMILES string of the molecule is COC(OC)c1nc(-c2ccccc2)c(-c2ccccc2)n1Cc1ccccc1. The van der Waals surface area contributed by atoms with Crippen molar-refractivity contribution in [1.29, 1.82) is 0 Å². The monoisotopic (exact) mass is 384 g/mol. The molecule has 29 heavy (non-hydrogen) atoms. The maximum atomic E-state index is 5.60. The quantitative estimate of drug-likeness (QED) is 0.392. The predicted octanol–water partition coefficient (Wildman–Crippen LogP) is 5.56. The van der Waals surface area contributed by atoms with Gasteiger partial charge in [-0.2, -0.15) is 0 Å². The zero-order chi connectivity index (χ0) is 20.1. The Morgan fingerprint density at radius 2 is 1.24 bits per heavy atom. The first-order chi connectivity index (χ1) is 14.3. The second-order valence-corrected chi connectivity index (χ2v) is 6.77. The van der Waals surface area contributed by atoms with E-state index < -0.39 is 6.29 Å². The maximum Gasteiger partial charge on any atom is 0.216 e. The Labute approximate surface area is 171 Å². The zero-order valence-corrected chi connectivity index (χ0v) is 16.7. The number of hydrogen-bond donors (Lipinski definition) is 0. The molecule has 1 heterocycles. The predicted molar refractivity (Wildman–Crippen MR) is 115 cm³/mol. The summed E-state index contributed by atoms with van der Waals surface area (Å²) in [5.41, 5.74) is 5.32. The summed E-state index contributed by atoms with van der Waals surface area (Å²) in [4.78, 5) is 5.01. The summed E-state index contributed by atoms with van der Waals surface area (Å²) in [5, 5.41) is 0. The Hall–Kier alpha value is -3.21. The van der Waals surface area contributed by atoms with Gasteiger partial charge in [0.25, 0.3) is 0 Å². The molecule has 4 heteroatoms. The smallest absolute Gasteiger partial charge is 0.216 e. The van der Waals surface area contributed by atoms with E-state index in [0.717, 1.165) is 28.3 Å². The van der Waals surface area contributed by atoms with Gasteiger partial charge in [-0.25, -0.2) is 4.98 Å². The van der Waals surface area contributed by atoms with Gasteiger partial charge in [0.05, 0.1) is 11.4 Å². The van der Waals surface area contributed by atoms with Gasteiger partial charge in [0.15, 0.2) is 5.82 Å². The van der Waals surface area contributed by atoms with Crippen molar-refractivity contribution in [3.05, 3.63) is 102 Å². The first-order valence-corrected chi connectivity index (χ1v) is 9.62. The van der Waals surface area contributed by atoms with Crippen LogP contribution < -0.4 is 0 Å². The first kappa shape index (κ1) is 19.1. The lowest BCUT2D eigenvalue weighted by Gasteiger charge is -2.17. The summed E-state index contributed by atoms with van der Waals surface area (Å²) in [6.45, 7) is 0.670. The van der Waals surface area contributed by atoms with Crippen LogP contribution in [0, 0.1) is 0 Å². The van der Waals surface area contributed by atoms with Gasteiger partial charge in [-0.1, -0.05) is 91.0 Å². The fourth-order valence-corrected chi connectivity index (χ4v) is 3.57. The minimum absolute atomic E-state index is 0.557. The minimum Gasteiger partial charge on any atom is -0.349 e. The van der Waals surface area contributed by atoms with E-state index in [1.165, 1.54) is 5.56 Å². The number of methoxy groups -OCH3 is 2. The Kier molecular flexibility index (Phi) is 5.84. The van der Waals surface area contributed by atoms with Crippen LogP contribution >= 0.6 is 0 Å². The molecule has 0 fully saturated rings. The third kappa shape index (κ3) is 3.99. The van der Waals surface area contributed by atoms with E-state index in [1.807, 2.05) is 42.5 Å². The van der Waals surface area contributed by atoms with Crippen molar-refractivity contribution < 1.29 is 9.47 Å². The largest absolute Gasteiger partial charge is 0.349 e. The molecule has 0 aliphatic carbocycles. The Balaban J connectivity index is 1.97. The van der Waals surface area contributed by atoms with Crippen molar-refractivity contribution in [3.8, 4) is 22.5 Å². The van der Waals surface area contributed by atoms with Gasteiger partial charge in [0, 0.05) is 31.9 Å². The molecule has 0 radical (unpaired) electrons. The maximum absolute atomic E-state index is 5.60. The van der Waals surface area contributed by atoms with Crippen LogP contribution in [0.2, 0.25) is 0 Å². The van der Waals surface area contributed by atoms with Crippen LogP contribution in [0.15, 0.2) is 91.0 Å². The average molecular weight is 384 g/mol. The number of ether oxygens (including phenoxy) is 2. The number of nitrogens with zero attached hydrogens (tertiary/aromatic N) is 2. The van der Waals surface area contributed by atoms with E-state index in [1.54, 1.807) is 14.2 Å². The fraction of sp³-hybridized carbons (Fsp3) is 0.160. The van der Waals surface area contributed by atoms with Crippen molar-refractivity contribution in [2.24, 2.45) is 0 Å². The molecular weight excluding hydrogens is 360 g/mol. The lowest BCUT2D eigenvalue weighted by atomic mass is 10.0. The second kappa shape index (κ2) is 8.86. The van der Waals surface area contributed by atoms with Crippen LogP contribution in [0.3, 0.4) is 0 Å². The Bertz CT molecular complexity index is 1040. The summed E-state index contributed by atoms with van der Waals surface area (Å²) < 4.78 is 13.4. The molecule has 0 saturated carbocycles. The molecule has 146 valence electrons. The van der Waals surface area contributed by atoms with Crippen LogP contribution in [-0.2, 0) is 16.0 Å². The number of benzene rings is 3. The molecular formula is C25H24N2O2. The third-order valence-electron chi connectivity index (χ3n) is 4.91. The normalized spacial score (nSPS) is 11.1. The molecule has 0 aliphatic rings. The van der Waals surface area contributed by atoms with Crippen LogP contribution in [0.1, 0.15) is 17.7 Å². The number of aromatic nitrogens is 2. The first-order valence-electron chi connectivity index (χ1n) is 9.62. The molecule has 0 aliphatic heterocycles. The van der Waals surface area contributed by atoms with Crippen LogP contribution in [-0.4, -0.2) is 23.8 Å². The summed E-state index contributed by atoms with van der Waals surface area (Å²) in [6, 6.07) is 31.0. The minimum atomic E-state index is -0.557. The summed E-state index contributed by atoms with van der Waals surface area (Å²) in [5.74, 6) is 0.747. The summed E-state index contributed by atoms with van der Waals surface area (Å²) in [7, 11) is 3.28. The molecule has 0 atom stereocenters. The average Bonchev–Trinajstić information content (AvgIpc) is 3.15. The van der Waals surface area contributed by atoms with Gasteiger partial charge in [-0.3, -0.25) is 0 Å². The Morgan fingerprint density at radius 1 is 0.724 bits per heavy atom. The van der Waals surface area contributed by atoms with E-state index in [0.29, 0.717) is 6.54 Å². The van der Waals surface area contributed by atoms with Crippen LogP contribution in [0.25, 0.3) is 22.5 Å². The number of rotatable bonds is 7. The molecule has 4 aromatic rings. The van der Waals surface area contributed by atoms with Crippen LogP contribution in [0.5, 0.6) is 0 Å². The highest BCUT2D eigenvalue weighted by Gasteiger charge is 2.25. The molecule has 4 nitrogen and oxygen atoms in total. The highest BCUT2D eigenvalue weighted by Crippen LogP contribution is 2.35. The van der Waals surface area contributed by atoms with Crippen molar-refractivity contribution in [3.63, 3.8) is 0 Å². The second-order valence-electron chi connectivity index (χ2n) is 6.77. The van der Waals surface area contributed by atoms with E-state index >= 15 is 0 Å². The lowest BCUT2D eigenvalue weighted by molar-refractivity contribution is -0.113. The molecule has 0 unspecified atom stereocenters. The topological polar surface area (TPSA) is 36.3 Å². The van der Waals surface area contributed by atoms with Crippen molar-refractivity contribution in [1.82, 2.24) is 9.55 Å². The lowest BCUT2D eigenvalue weighted by Crippen LogP contribution is -2.14. The van der Waals surface area contributed by atoms with Gasteiger partial charge >= 0.3 is 0 Å². The summed E-state index contributed by atoms with van der Waals surface area (Å²) >= 11 is 0. The third-order valence-corrected chi connectivity index (χ3v) is 4.91. The molecule has 4 rings (SSSR count). The van der Waals surface area contributed by atoms with Crippen molar-refractivity contribution in [2.45, 2.75) is 12.8 Å². The molecule has 3 aromatic carbocycles. The number of imidazole rings is 1. The molecule has 1 aromatic heterocycles. The van der Waals surface area contributed by atoms with Crippen molar-refractivity contribution in [2.75, 3.05) is 14.2 Å². The highest BCUT2D eigenvalue weighted by molar-refractivity contribution is 5.79. The molecule has 0 amide bonds. The van der Waals surface area contributed by atoms with Crippen LogP contribution in [0.4, 0.5) is 0 Å². The van der Waals surface area contributed by atoms with E-state index in [-0.39, 0.29) is 0 Å². The van der Waals surface area contributed by atoms with Gasteiger partial charge in [0.1, 0.15) is 0 Å². The van der Waals surface area contributed by atoms with Gasteiger partial charge in [-0.15, -0.1) is 0 Å². The summed E-state index contributed by atoms with van der Waals surface area (Å²) in [6.07, 6.45) is -0.557. The van der Waals surface area contributed by atoms with Crippen molar-refractivity contribution >= 4 is 0 Å². The van der Waals surface area contributed by atoms with E-state index in [2.05, 4.69) is 53.1 Å². The van der Waals surface area contributed by atoms with E-state index in [9.17, 15) is 0 Å². The Morgan fingerprint density at radius 3 is 1.79 bits per heavy atom. The molecule has 0 N–H and O–H groups in total. The molecule has 0 bridgehead atoms. The van der Waals surface area contributed by atoms with Gasteiger partial charge in [-0.05, 0) is 5.56 Å². The highest BCUT2D eigenvalue weighted by atomic mass is 16.7.